The number of fused-ring (bicyclic) bond motifs is 1. The first-order chi connectivity index (χ1) is 9.72. The van der Waals surface area contributed by atoms with E-state index in [4.69, 9.17) is 4.74 Å². The molecule has 1 heterocycles. The topological polar surface area (TPSA) is 46.5 Å². The van der Waals surface area contributed by atoms with Crippen LogP contribution in [0.5, 0.6) is 0 Å². The average Bonchev–Trinajstić information content (AvgIpc) is 2.92. The summed E-state index contributed by atoms with van der Waals surface area (Å²) in [7, 11) is 0. The van der Waals surface area contributed by atoms with E-state index in [1.54, 1.807) is 0 Å². The summed E-state index contributed by atoms with van der Waals surface area (Å²) < 4.78 is 5.54. The molecule has 20 heavy (non-hydrogen) atoms. The van der Waals surface area contributed by atoms with E-state index in [1.165, 1.54) is 0 Å². The summed E-state index contributed by atoms with van der Waals surface area (Å²) in [6, 6.07) is 9.88. The Hall–Kier alpha value is -1.77. The molecule has 0 bridgehead atoms. The zero-order valence-electron chi connectivity index (χ0n) is 11.7. The fourth-order valence-electron chi connectivity index (χ4n) is 3.50. The van der Waals surface area contributed by atoms with Gasteiger partial charge in [0.2, 0.25) is 0 Å². The number of benzene rings is 1. The van der Waals surface area contributed by atoms with Crippen molar-refractivity contribution in [3.63, 3.8) is 0 Å². The number of esters is 1. The van der Waals surface area contributed by atoms with Gasteiger partial charge in [-0.1, -0.05) is 37.3 Å². The Bertz CT molecular complexity index is 532. The highest BCUT2D eigenvalue weighted by atomic mass is 16.5. The van der Waals surface area contributed by atoms with Gasteiger partial charge in [-0.3, -0.25) is 0 Å². The summed E-state index contributed by atoms with van der Waals surface area (Å²) >= 11 is 0. The number of aliphatic hydroxyl groups excluding tert-OH is 1. The lowest BCUT2D eigenvalue weighted by Gasteiger charge is -2.30. The molecule has 3 rings (SSSR count). The van der Waals surface area contributed by atoms with Gasteiger partial charge in [0, 0.05) is 5.92 Å². The van der Waals surface area contributed by atoms with Crippen LogP contribution in [-0.4, -0.2) is 17.2 Å². The summed E-state index contributed by atoms with van der Waals surface area (Å²) in [5.41, 5.74) is 1.53. The zero-order chi connectivity index (χ0) is 14.1. The number of carbonyl (C=O) groups is 1. The smallest absolute Gasteiger partial charge is 0.338 e. The van der Waals surface area contributed by atoms with Crippen molar-refractivity contribution in [3.05, 3.63) is 47.2 Å². The average molecular weight is 272 g/mol. The van der Waals surface area contributed by atoms with Gasteiger partial charge in [-0.05, 0) is 31.2 Å². The third kappa shape index (κ3) is 2.11. The molecule has 1 aliphatic carbocycles. The van der Waals surface area contributed by atoms with Gasteiger partial charge < -0.3 is 9.84 Å². The number of carbonyl (C=O) groups excluding carboxylic acids is 1. The minimum absolute atomic E-state index is 0.0143. The van der Waals surface area contributed by atoms with Crippen LogP contribution in [0.15, 0.2) is 41.7 Å². The largest absolute Gasteiger partial charge is 0.511 e. The quantitative estimate of drug-likeness (QED) is 0.853. The molecule has 0 aromatic heterocycles. The second kappa shape index (κ2) is 5.31. The molecule has 1 aliphatic heterocycles. The highest BCUT2D eigenvalue weighted by Gasteiger charge is 2.42. The molecule has 0 saturated heterocycles. The van der Waals surface area contributed by atoms with Crippen molar-refractivity contribution in [3.8, 4) is 0 Å². The number of rotatable bonds is 3. The number of hydrogen-bond acceptors (Lipinski definition) is 3. The molecule has 106 valence electrons. The van der Waals surface area contributed by atoms with Gasteiger partial charge in [-0.25, -0.2) is 4.79 Å². The molecule has 0 unspecified atom stereocenters. The molecule has 3 nitrogen and oxygen atoms in total. The van der Waals surface area contributed by atoms with Crippen LogP contribution in [0.4, 0.5) is 0 Å². The Balaban J connectivity index is 2.01. The van der Waals surface area contributed by atoms with Gasteiger partial charge in [0.15, 0.2) is 0 Å². The minimum atomic E-state index is -0.332. The lowest BCUT2D eigenvalue weighted by Crippen LogP contribution is -2.33. The van der Waals surface area contributed by atoms with Gasteiger partial charge in [-0.15, -0.1) is 0 Å². The maximum atomic E-state index is 12.3. The van der Waals surface area contributed by atoms with Crippen LogP contribution in [0.1, 0.15) is 44.1 Å². The van der Waals surface area contributed by atoms with Gasteiger partial charge in [0.25, 0.3) is 0 Å². The van der Waals surface area contributed by atoms with Crippen molar-refractivity contribution in [1.29, 1.82) is 0 Å². The van der Waals surface area contributed by atoms with Crippen LogP contribution in [-0.2, 0) is 9.53 Å². The number of aliphatic hydroxyl groups is 1. The van der Waals surface area contributed by atoms with Crippen LogP contribution in [0, 0.1) is 5.92 Å². The van der Waals surface area contributed by atoms with Crippen molar-refractivity contribution in [2.24, 2.45) is 5.92 Å². The number of ether oxygens (including phenoxy) is 1. The molecule has 0 radical (unpaired) electrons. The summed E-state index contributed by atoms with van der Waals surface area (Å²) in [4.78, 5) is 12.3. The lowest BCUT2D eigenvalue weighted by atomic mass is 9.83. The first-order valence-electron chi connectivity index (χ1n) is 7.41. The van der Waals surface area contributed by atoms with Crippen molar-refractivity contribution in [1.82, 2.24) is 0 Å². The molecule has 2 aliphatic rings. The maximum absolute atomic E-state index is 12.3. The van der Waals surface area contributed by atoms with Gasteiger partial charge >= 0.3 is 5.97 Å². The Kier molecular flexibility index (Phi) is 3.51. The van der Waals surface area contributed by atoms with Crippen LogP contribution in [0.25, 0.3) is 0 Å². The Labute approximate surface area is 119 Å². The van der Waals surface area contributed by atoms with E-state index in [0.717, 1.165) is 31.2 Å². The van der Waals surface area contributed by atoms with Crippen LogP contribution in [0.2, 0.25) is 0 Å². The predicted octanol–water partition coefficient (Wildman–Crippen LogP) is 3.72. The molecular weight excluding hydrogens is 252 g/mol. The molecule has 1 fully saturated rings. The van der Waals surface area contributed by atoms with Crippen LogP contribution in [0.3, 0.4) is 0 Å². The van der Waals surface area contributed by atoms with Gasteiger partial charge in [0.1, 0.15) is 11.9 Å². The zero-order valence-corrected chi connectivity index (χ0v) is 11.7. The second-order valence-electron chi connectivity index (χ2n) is 5.65. The second-order valence-corrected chi connectivity index (χ2v) is 5.65. The Morgan fingerprint density at radius 3 is 2.75 bits per heavy atom. The summed E-state index contributed by atoms with van der Waals surface area (Å²) in [6.45, 7) is 2.03. The van der Waals surface area contributed by atoms with Crippen molar-refractivity contribution in [2.75, 3.05) is 0 Å². The van der Waals surface area contributed by atoms with E-state index in [1.807, 2.05) is 37.3 Å². The molecule has 0 amide bonds. The van der Waals surface area contributed by atoms with Crippen LogP contribution < -0.4 is 0 Å². The Morgan fingerprint density at radius 2 is 2.05 bits per heavy atom. The Morgan fingerprint density at radius 1 is 1.30 bits per heavy atom. The third-order valence-electron chi connectivity index (χ3n) is 4.52. The van der Waals surface area contributed by atoms with E-state index < -0.39 is 0 Å². The summed E-state index contributed by atoms with van der Waals surface area (Å²) in [5, 5.41) is 10.6. The first-order valence-corrected chi connectivity index (χ1v) is 7.41. The molecule has 1 saturated carbocycles. The monoisotopic (exact) mass is 272 g/mol. The summed E-state index contributed by atoms with van der Waals surface area (Å²) in [6.07, 6.45) is 3.46. The number of hydrogen-bond donors (Lipinski definition) is 1. The van der Waals surface area contributed by atoms with Gasteiger partial charge in [0.05, 0.1) is 11.5 Å². The minimum Gasteiger partial charge on any atom is -0.511 e. The highest BCUT2D eigenvalue weighted by Crippen LogP contribution is 2.42. The highest BCUT2D eigenvalue weighted by molar-refractivity contribution is 5.92. The first kappa shape index (κ1) is 13.2. The van der Waals surface area contributed by atoms with E-state index in [-0.39, 0.29) is 29.7 Å². The van der Waals surface area contributed by atoms with E-state index in [0.29, 0.717) is 5.57 Å². The molecular formula is C17H20O3. The predicted molar refractivity (Wildman–Crippen MR) is 76.3 cm³/mol. The fourth-order valence-corrected chi connectivity index (χ4v) is 3.50. The molecule has 3 atom stereocenters. The molecule has 0 spiro atoms. The van der Waals surface area contributed by atoms with E-state index in [2.05, 4.69) is 0 Å². The van der Waals surface area contributed by atoms with Crippen molar-refractivity contribution in [2.45, 2.75) is 44.6 Å². The normalized spacial score (nSPS) is 27.1. The molecule has 1 N–H and O–H groups in total. The fraction of sp³-hybridized carbons (Fsp3) is 0.471. The van der Waals surface area contributed by atoms with Crippen molar-refractivity contribution >= 4 is 5.97 Å². The maximum Gasteiger partial charge on any atom is 0.338 e. The van der Waals surface area contributed by atoms with Crippen LogP contribution >= 0.6 is 0 Å². The van der Waals surface area contributed by atoms with E-state index >= 15 is 0 Å². The van der Waals surface area contributed by atoms with Gasteiger partial charge in [-0.2, -0.15) is 0 Å². The standard InChI is InChI=1S/C17H20O3/c1-2-12(11-7-4-3-5-8-11)15-16(18)13-9-6-10-14(13)20-17(15)19/h3-5,7-8,12-14,18H,2,6,9-10H2,1H3/t12-,13+,14+/m0/s1. The SMILES string of the molecule is CC[C@H](C1=C(O)[C@@H]2CCC[C@H]2OC1=O)c1ccccc1. The third-order valence-corrected chi connectivity index (χ3v) is 4.52. The lowest BCUT2D eigenvalue weighted by molar-refractivity contribution is -0.149. The molecule has 1 aromatic carbocycles. The van der Waals surface area contributed by atoms with E-state index in [9.17, 15) is 9.90 Å². The molecule has 3 heteroatoms. The summed E-state index contributed by atoms with van der Waals surface area (Å²) in [5.74, 6) is -0.119. The molecule has 1 aromatic rings. The van der Waals surface area contributed by atoms with Crippen molar-refractivity contribution < 1.29 is 14.6 Å².